The van der Waals surface area contributed by atoms with Crippen molar-refractivity contribution in [3.63, 3.8) is 0 Å². The molecule has 0 spiro atoms. The fourth-order valence-corrected chi connectivity index (χ4v) is 3.18. The van der Waals surface area contributed by atoms with Crippen LogP contribution in [0, 0.1) is 0 Å². The first-order valence-electron chi connectivity index (χ1n) is 7.87. The lowest BCUT2D eigenvalue weighted by Gasteiger charge is -2.25. The molecule has 4 nitrogen and oxygen atoms in total. The summed E-state index contributed by atoms with van der Waals surface area (Å²) in [5, 5.41) is 6.79. The van der Waals surface area contributed by atoms with Crippen molar-refractivity contribution in [1.82, 2.24) is 10.6 Å². The van der Waals surface area contributed by atoms with Gasteiger partial charge in [0.25, 0.3) is 0 Å². The van der Waals surface area contributed by atoms with Gasteiger partial charge in [0, 0.05) is 33.9 Å². The van der Waals surface area contributed by atoms with Crippen LogP contribution in [0.15, 0.2) is 4.99 Å². The topological polar surface area (TPSA) is 53.5 Å². The van der Waals surface area contributed by atoms with E-state index in [0.717, 1.165) is 12.5 Å². The Labute approximate surface area is 126 Å². The molecule has 20 heavy (non-hydrogen) atoms. The molecule has 1 fully saturated rings. The maximum atomic E-state index is 12.0. The van der Waals surface area contributed by atoms with Crippen molar-refractivity contribution in [1.29, 1.82) is 0 Å². The Bertz CT molecular complexity index is 331. The first-order chi connectivity index (χ1) is 9.43. The van der Waals surface area contributed by atoms with Crippen molar-refractivity contribution in [2.24, 2.45) is 4.99 Å². The molecule has 0 aromatic rings. The summed E-state index contributed by atoms with van der Waals surface area (Å²) >= 11 is 0. The van der Waals surface area contributed by atoms with Gasteiger partial charge in [-0.15, -0.1) is 0 Å². The average Bonchev–Trinajstić information content (AvgIpc) is 2.39. The quantitative estimate of drug-likeness (QED) is 0.606. The van der Waals surface area contributed by atoms with Crippen molar-refractivity contribution in [3.05, 3.63) is 0 Å². The van der Waals surface area contributed by atoms with Crippen LogP contribution in [-0.4, -0.2) is 39.8 Å². The molecule has 0 amide bonds. The maximum Gasteiger partial charge on any atom is 0.191 e. The summed E-state index contributed by atoms with van der Waals surface area (Å²) in [5.74, 6) is 1.51. The molecule has 1 unspecified atom stereocenters. The largest absolute Gasteiger partial charge is 0.357 e. The average molecular weight is 302 g/mol. The molecule has 0 saturated heterocycles. The molecule has 0 bridgehead atoms. The second kappa shape index (κ2) is 8.65. The fraction of sp³-hybridized carbons (Fsp3) is 0.933. The summed E-state index contributed by atoms with van der Waals surface area (Å²) in [6, 6.07) is 0.551. The Morgan fingerprint density at radius 2 is 1.90 bits per heavy atom. The van der Waals surface area contributed by atoms with E-state index < -0.39 is 10.8 Å². The van der Waals surface area contributed by atoms with Gasteiger partial charge in [-0.25, -0.2) is 0 Å². The van der Waals surface area contributed by atoms with E-state index in [4.69, 9.17) is 0 Å². The highest BCUT2D eigenvalue weighted by atomic mass is 32.2. The summed E-state index contributed by atoms with van der Waals surface area (Å²) in [6.45, 7) is 9.59. The van der Waals surface area contributed by atoms with Gasteiger partial charge in [0.1, 0.15) is 0 Å². The third-order valence-electron chi connectivity index (χ3n) is 3.52. The monoisotopic (exact) mass is 301 g/mol. The van der Waals surface area contributed by atoms with Crippen LogP contribution in [-0.2, 0) is 10.8 Å². The normalized spacial score (nSPS) is 19.7. The zero-order valence-corrected chi connectivity index (χ0v) is 14.3. The number of hydrogen-bond acceptors (Lipinski definition) is 2. The minimum atomic E-state index is -0.827. The molecule has 1 saturated carbocycles. The van der Waals surface area contributed by atoms with Gasteiger partial charge in [0.15, 0.2) is 5.96 Å². The Morgan fingerprint density at radius 1 is 1.25 bits per heavy atom. The SMILES string of the molecule is CCNC(=NCCS(=O)C(C)(C)C)NC1CCCCC1. The van der Waals surface area contributed by atoms with Crippen LogP contribution < -0.4 is 10.6 Å². The van der Waals surface area contributed by atoms with Crippen molar-refractivity contribution in [3.8, 4) is 0 Å². The highest BCUT2D eigenvalue weighted by Crippen LogP contribution is 2.17. The molecule has 1 rings (SSSR count). The molecule has 5 heteroatoms. The molecule has 0 aromatic carbocycles. The van der Waals surface area contributed by atoms with E-state index in [2.05, 4.69) is 22.5 Å². The maximum absolute atomic E-state index is 12.0. The van der Waals surface area contributed by atoms with Crippen LogP contribution in [0.2, 0.25) is 0 Å². The first kappa shape index (κ1) is 17.5. The number of rotatable bonds is 5. The van der Waals surface area contributed by atoms with E-state index in [1.54, 1.807) is 0 Å². The molecule has 0 aliphatic heterocycles. The summed E-state index contributed by atoms with van der Waals surface area (Å²) < 4.78 is 11.8. The Balaban J connectivity index is 2.43. The van der Waals surface area contributed by atoms with Gasteiger partial charge >= 0.3 is 0 Å². The predicted molar refractivity (Wildman–Crippen MR) is 88.7 cm³/mol. The van der Waals surface area contributed by atoms with Crippen molar-refractivity contribution in [2.75, 3.05) is 18.8 Å². The lowest BCUT2D eigenvalue weighted by atomic mass is 9.96. The number of hydrogen-bond donors (Lipinski definition) is 2. The minimum Gasteiger partial charge on any atom is -0.357 e. The highest BCUT2D eigenvalue weighted by molar-refractivity contribution is 7.86. The van der Waals surface area contributed by atoms with Crippen molar-refractivity contribution in [2.45, 2.75) is 70.6 Å². The smallest absolute Gasteiger partial charge is 0.191 e. The van der Waals surface area contributed by atoms with Crippen LogP contribution in [0.25, 0.3) is 0 Å². The lowest BCUT2D eigenvalue weighted by molar-refractivity contribution is 0.410. The van der Waals surface area contributed by atoms with Crippen LogP contribution >= 0.6 is 0 Å². The third kappa shape index (κ3) is 6.73. The second-order valence-corrected chi connectivity index (χ2v) is 8.73. The Hall–Kier alpha value is -0.580. The predicted octanol–water partition coefficient (Wildman–Crippen LogP) is 2.42. The van der Waals surface area contributed by atoms with Crippen LogP contribution in [0.3, 0.4) is 0 Å². The van der Waals surface area contributed by atoms with Crippen LogP contribution in [0.1, 0.15) is 59.8 Å². The van der Waals surface area contributed by atoms with E-state index in [1.165, 1.54) is 32.1 Å². The van der Waals surface area contributed by atoms with E-state index in [0.29, 0.717) is 18.3 Å². The molecule has 1 aliphatic carbocycles. The Kier molecular flexibility index (Phi) is 7.56. The molecule has 0 radical (unpaired) electrons. The standard InChI is InChI=1S/C15H31N3OS/c1-5-16-14(18-13-9-7-6-8-10-13)17-11-12-20(19)15(2,3)4/h13H,5-12H2,1-4H3,(H2,16,17,18). The third-order valence-corrected chi connectivity index (χ3v) is 5.44. The molecular formula is C15H31N3OS. The zero-order chi connectivity index (χ0) is 15.0. The Morgan fingerprint density at radius 3 is 2.45 bits per heavy atom. The molecule has 118 valence electrons. The van der Waals surface area contributed by atoms with E-state index >= 15 is 0 Å². The number of aliphatic imine (C=N–C) groups is 1. The highest BCUT2D eigenvalue weighted by Gasteiger charge is 2.19. The first-order valence-corrected chi connectivity index (χ1v) is 9.18. The summed E-state index contributed by atoms with van der Waals surface area (Å²) in [4.78, 5) is 4.56. The van der Waals surface area contributed by atoms with Gasteiger partial charge in [-0.2, -0.15) is 0 Å². The summed E-state index contributed by atoms with van der Waals surface area (Å²) in [7, 11) is -0.827. The van der Waals surface area contributed by atoms with E-state index in [9.17, 15) is 4.21 Å². The molecule has 0 aromatic heterocycles. The summed E-state index contributed by atoms with van der Waals surface area (Å²) in [5.41, 5.74) is 0. The van der Waals surface area contributed by atoms with Crippen molar-refractivity contribution >= 4 is 16.8 Å². The lowest BCUT2D eigenvalue weighted by Crippen LogP contribution is -2.44. The molecule has 0 heterocycles. The molecule has 2 N–H and O–H groups in total. The van der Waals surface area contributed by atoms with Gasteiger partial charge in [-0.05, 0) is 40.5 Å². The van der Waals surface area contributed by atoms with Gasteiger partial charge in [0.2, 0.25) is 0 Å². The van der Waals surface area contributed by atoms with E-state index in [1.807, 2.05) is 20.8 Å². The van der Waals surface area contributed by atoms with Crippen molar-refractivity contribution < 1.29 is 4.21 Å². The van der Waals surface area contributed by atoms with E-state index in [-0.39, 0.29) is 4.75 Å². The molecule has 1 aliphatic rings. The summed E-state index contributed by atoms with van der Waals surface area (Å²) in [6.07, 6.45) is 6.45. The van der Waals surface area contributed by atoms with Gasteiger partial charge < -0.3 is 10.6 Å². The number of nitrogens with one attached hydrogen (secondary N) is 2. The fourth-order valence-electron chi connectivity index (χ4n) is 2.31. The minimum absolute atomic E-state index is 0.148. The van der Waals surface area contributed by atoms with Gasteiger partial charge in [-0.3, -0.25) is 9.20 Å². The zero-order valence-electron chi connectivity index (χ0n) is 13.5. The molecular weight excluding hydrogens is 270 g/mol. The van der Waals surface area contributed by atoms with Gasteiger partial charge in [-0.1, -0.05) is 19.3 Å². The molecule has 1 atom stereocenters. The second-order valence-electron chi connectivity index (χ2n) is 6.40. The van der Waals surface area contributed by atoms with Crippen LogP contribution in [0.5, 0.6) is 0 Å². The van der Waals surface area contributed by atoms with Crippen LogP contribution in [0.4, 0.5) is 0 Å². The van der Waals surface area contributed by atoms with Gasteiger partial charge in [0.05, 0.1) is 6.54 Å². The number of guanidine groups is 1. The number of nitrogens with zero attached hydrogens (tertiary/aromatic N) is 1.